The van der Waals surface area contributed by atoms with Gasteiger partial charge in [-0.1, -0.05) is 6.42 Å². The summed E-state index contributed by atoms with van der Waals surface area (Å²) in [4.78, 5) is 1.13. The summed E-state index contributed by atoms with van der Waals surface area (Å²) >= 11 is 1.86. The molecule has 0 spiro atoms. The predicted molar refractivity (Wildman–Crippen MR) is 81.0 cm³/mol. The van der Waals surface area contributed by atoms with Gasteiger partial charge in [0.15, 0.2) is 0 Å². The van der Waals surface area contributed by atoms with Crippen LogP contribution in [-0.2, 0) is 0 Å². The second kappa shape index (κ2) is 4.93. The molecule has 104 valence electrons. The smallest absolute Gasteiger partial charge is 0.103 e. The van der Waals surface area contributed by atoms with E-state index in [1.54, 1.807) is 12.4 Å². The van der Waals surface area contributed by atoms with Gasteiger partial charge in [0.2, 0.25) is 0 Å². The zero-order chi connectivity index (χ0) is 14.2. The van der Waals surface area contributed by atoms with Crippen molar-refractivity contribution in [1.29, 1.82) is 5.26 Å². The highest BCUT2D eigenvalue weighted by molar-refractivity contribution is 8.00. The average molecular weight is 295 g/mol. The SMILES string of the molecule is N#Cc1cnn2cc(-c3cn[nH]c3)cc(SC3CCC3)c12. The van der Waals surface area contributed by atoms with Crippen LogP contribution in [0.25, 0.3) is 16.6 Å². The average Bonchev–Trinajstić information content (AvgIpc) is 3.11. The minimum absolute atomic E-state index is 0.635. The maximum atomic E-state index is 9.28. The van der Waals surface area contributed by atoms with Crippen molar-refractivity contribution in [3.05, 3.63) is 36.4 Å². The van der Waals surface area contributed by atoms with Crippen LogP contribution >= 0.6 is 11.8 Å². The summed E-state index contributed by atoms with van der Waals surface area (Å²) in [5, 5.41) is 21.1. The molecule has 1 fully saturated rings. The van der Waals surface area contributed by atoms with Gasteiger partial charge in [-0.25, -0.2) is 4.52 Å². The zero-order valence-electron chi connectivity index (χ0n) is 11.3. The van der Waals surface area contributed by atoms with Crippen LogP contribution in [0.2, 0.25) is 0 Å². The number of rotatable bonds is 3. The van der Waals surface area contributed by atoms with Crippen LogP contribution in [0.5, 0.6) is 0 Å². The van der Waals surface area contributed by atoms with E-state index in [1.807, 2.05) is 28.7 Å². The first-order chi connectivity index (χ1) is 10.3. The van der Waals surface area contributed by atoms with Crippen molar-refractivity contribution in [3.63, 3.8) is 0 Å². The van der Waals surface area contributed by atoms with Gasteiger partial charge in [-0.3, -0.25) is 5.10 Å². The Labute approximate surface area is 126 Å². The molecule has 0 bridgehead atoms. The monoisotopic (exact) mass is 295 g/mol. The molecule has 0 aliphatic heterocycles. The van der Waals surface area contributed by atoms with Gasteiger partial charge in [0.05, 0.1) is 23.5 Å². The van der Waals surface area contributed by atoms with Crippen LogP contribution < -0.4 is 0 Å². The summed E-state index contributed by atoms with van der Waals surface area (Å²) in [5.41, 5.74) is 3.64. The first kappa shape index (κ1) is 12.5. The summed E-state index contributed by atoms with van der Waals surface area (Å²) < 4.78 is 1.81. The van der Waals surface area contributed by atoms with E-state index >= 15 is 0 Å². The topological polar surface area (TPSA) is 69.8 Å². The summed E-state index contributed by atoms with van der Waals surface area (Å²) in [5.74, 6) is 0. The van der Waals surface area contributed by atoms with Crippen LogP contribution in [0.4, 0.5) is 0 Å². The molecule has 0 amide bonds. The van der Waals surface area contributed by atoms with Crippen molar-refractivity contribution in [1.82, 2.24) is 19.8 Å². The quantitative estimate of drug-likeness (QED) is 0.805. The van der Waals surface area contributed by atoms with Gasteiger partial charge in [-0.05, 0) is 18.9 Å². The lowest BCUT2D eigenvalue weighted by atomic mass is 10.00. The Morgan fingerprint density at radius 3 is 2.90 bits per heavy atom. The predicted octanol–water partition coefficient (Wildman–Crippen LogP) is 3.24. The summed E-state index contributed by atoms with van der Waals surface area (Å²) in [6.07, 6.45) is 11.1. The van der Waals surface area contributed by atoms with Gasteiger partial charge >= 0.3 is 0 Å². The number of fused-ring (bicyclic) bond motifs is 1. The van der Waals surface area contributed by atoms with Gasteiger partial charge in [-0.15, -0.1) is 11.8 Å². The number of hydrogen-bond donors (Lipinski definition) is 1. The Bertz CT molecular complexity index is 824. The maximum Gasteiger partial charge on any atom is 0.103 e. The second-order valence-corrected chi connectivity index (χ2v) is 6.56. The Kier molecular flexibility index (Phi) is 2.93. The van der Waals surface area contributed by atoms with Crippen LogP contribution in [0.15, 0.2) is 35.7 Å². The van der Waals surface area contributed by atoms with Crippen molar-refractivity contribution in [2.24, 2.45) is 0 Å². The van der Waals surface area contributed by atoms with Crippen molar-refractivity contribution in [2.45, 2.75) is 29.4 Å². The number of aromatic amines is 1. The fraction of sp³-hybridized carbons (Fsp3) is 0.267. The fourth-order valence-corrected chi connectivity index (χ4v) is 3.93. The van der Waals surface area contributed by atoms with Gasteiger partial charge in [0.1, 0.15) is 6.07 Å². The number of hydrogen-bond acceptors (Lipinski definition) is 4. The number of aromatic nitrogens is 4. The third kappa shape index (κ3) is 2.10. The molecule has 1 N–H and O–H groups in total. The van der Waals surface area contributed by atoms with Crippen LogP contribution in [0, 0.1) is 11.3 Å². The standard InChI is InChI=1S/C15H13N5S/c16-5-11-8-19-20-9-10(12-6-17-18-7-12)4-14(15(11)20)21-13-2-1-3-13/h4,6-9,13H,1-3H2,(H,17,18). The van der Waals surface area contributed by atoms with Crippen molar-refractivity contribution < 1.29 is 0 Å². The molecular weight excluding hydrogens is 282 g/mol. The highest BCUT2D eigenvalue weighted by Gasteiger charge is 2.21. The fourth-order valence-electron chi connectivity index (χ4n) is 2.49. The lowest BCUT2D eigenvalue weighted by molar-refractivity contribution is 0.522. The van der Waals surface area contributed by atoms with Gasteiger partial charge in [0.25, 0.3) is 0 Å². The van der Waals surface area contributed by atoms with Crippen LogP contribution in [-0.4, -0.2) is 25.1 Å². The van der Waals surface area contributed by atoms with E-state index in [0.29, 0.717) is 10.8 Å². The molecule has 0 saturated heterocycles. The zero-order valence-corrected chi connectivity index (χ0v) is 12.1. The lowest BCUT2D eigenvalue weighted by Gasteiger charge is -2.25. The Morgan fingerprint density at radius 1 is 1.33 bits per heavy atom. The lowest BCUT2D eigenvalue weighted by Crippen LogP contribution is -2.13. The molecule has 1 aliphatic rings. The maximum absolute atomic E-state index is 9.28. The van der Waals surface area contributed by atoms with E-state index in [9.17, 15) is 5.26 Å². The number of pyridine rings is 1. The van der Waals surface area contributed by atoms with Crippen molar-refractivity contribution >= 4 is 17.3 Å². The van der Waals surface area contributed by atoms with E-state index in [4.69, 9.17) is 0 Å². The first-order valence-electron chi connectivity index (χ1n) is 6.92. The molecule has 4 rings (SSSR count). The van der Waals surface area contributed by atoms with Crippen LogP contribution in [0.3, 0.4) is 0 Å². The highest BCUT2D eigenvalue weighted by atomic mass is 32.2. The Hall–Kier alpha value is -2.26. The molecule has 0 aromatic carbocycles. The highest BCUT2D eigenvalue weighted by Crippen LogP contribution is 2.40. The van der Waals surface area contributed by atoms with Gasteiger partial charge in [0, 0.05) is 33.7 Å². The van der Waals surface area contributed by atoms with Gasteiger partial charge in [-0.2, -0.15) is 15.5 Å². The number of H-pyrrole nitrogens is 1. The van der Waals surface area contributed by atoms with E-state index < -0.39 is 0 Å². The largest absolute Gasteiger partial charge is 0.285 e. The third-order valence-corrected chi connectivity index (χ3v) is 5.24. The van der Waals surface area contributed by atoms with E-state index in [0.717, 1.165) is 21.5 Å². The van der Waals surface area contributed by atoms with Crippen LogP contribution in [0.1, 0.15) is 24.8 Å². The van der Waals surface area contributed by atoms with E-state index in [1.165, 1.54) is 19.3 Å². The third-order valence-electron chi connectivity index (χ3n) is 3.87. The van der Waals surface area contributed by atoms with E-state index in [2.05, 4.69) is 27.4 Å². The molecule has 5 nitrogen and oxygen atoms in total. The number of thioether (sulfide) groups is 1. The Morgan fingerprint density at radius 2 is 2.24 bits per heavy atom. The molecule has 3 heterocycles. The number of nitrogens with one attached hydrogen (secondary N) is 1. The normalized spacial score (nSPS) is 15.0. The molecule has 0 radical (unpaired) electrons. The first-order valence-corrected chi connectivity index (χ1v) is 7.80. The molecule has 3 aromatic heterocycles. The molecule has 6 heteroatoms. The van der Waals surface area contributed by atoms with Crippen molar-refractivity contribution in [3.8, 4) is 17.2 Å². The minimum Gasteiger partial charge on any atom is -0.285 e. The number of nitrogens with zero attached hydrogens (tertiary/aromatic N) is 4. The molecule has 21 heavy (non-hydrogen) atoms. The molecular formula is C15H13N5S. The molecule has 0 atom stereocenters. The second-order valence-electron chi connectivity index (χ2n) is 5.21. The molecule has 1 saturated carbocycles. The van der Waals surface area contributed by atoms with E-state index in [-0.39, 0.29) is 0 Å². The van der Waals surface area contributed by atoms with Gasteiger partial charge < -0.3 is 0 Å². The molecule has 0 unspecified atom stereocenters. The minimum atomic E-state index is 0.635. The number of nitriles is 1. The summed E-state index contributed by atoms with van der Waals surface area (Å²) in [6.45, 7) is 0. The molecule has 1 aliphatic carbocycles. The van der Waals surface area contributed by atoms with Crippen molar-refractivity contribution in [2.75, 3.05) is 0 Å². The summed E-state index contributed by atoms with van der Waals surface area (Å²) in [7, 11) is 0. The molecule has 3 aromatic rings. The Balaban J connectivity index is 1.88. The summed E-state index contributed by atoms with van der Waals surface area (Å²) in [6, 6.07) is 4.38.